The van der Waals surface area contributed by atoms with E-state index >= 15 is 0 Å². The highest BCUT2D eigenvalue weighted by Crippen LogP contribution is 2.30. The first kappa shape index (κ1) is 10.8. The molecule has 90 valence electrons. The Hall–Kier alpha value is -1.28. The zero-order valence-electron chi connectivity index (χ0n) is 10.9. The molecule has 0 amide bonds. The van der Waals surface area contributed by atoms with Gasteiger partial charge in [-0.1, -0.05) is 26.8 Å². The maximum atomic E-state index is 3.55. The van der Waals surface area contributed by atoms with Crippen molar-refractivity contribution in [3.8, 4) is 0 Å². The van der Waals surface area contributed by atoms with Crippen LogP contribution >= 0.6 is 0 Å². The van der Waals surface area contributed by atoms with Crippen molar-refractivity contribution in [3.63, 3.8) is 0 Å². The third-order valence-electron chi connectivity index (χ3n) is 3.71. The van der Waals surface area contributed by atoms with Gasteiger partial charge in [0.25, 0.3) is 0 Å². The smallest absolute Gasteiger partial charge is 0.0459 e. The lowest BCUT2D eigenvalue weighted by molar-refractivity contribution is 0.591. The molecule has 2 heteroatoms. The van der Waals surface area contributed by atoms with Crippen molar-refractivity contribution in [2.45, 2.75) is 39.2 Å². The van der Waals surface area contributed by atoms with Crippen molar-refractivity contribution in [3.05, 3.63) is 35.0 Å². The number of H-pyrrole nitrogens is 1. The van der Waals surface area contributed by atoms with Gasteiger partial charge in [-0.05, 0) is 28.7 Å². The van der Waals surface area contributed by atoms with Crippen LogP contribution in [0, 0.1) is 0 Å². The summed E-state index contributed by atoms with van der Waals surface area (Å²) in [6.45, 7) is 8.90. The summed E-state index contributed by atoms with van der Waals surface area (Å²) in [4.78, 5) is 3.55. The fourth-order valence-corrected chi connectivity index (χ4v) is 2.61. The number of aromatic nitrogens is 1. The Bertz CT molecular complexity index is 558. The highest BCUT2D eigenvalue weighted by molar-refractivity contribution is 5.85. The first-order valence-corrected chi connectivity index (χ1v) is 6.40. The van der Waals surface area contributed by atoms with E-state index in [9.17, 15) is 0 Å². The molecule has 1 aliphatic heterocycles. The first-order chi connectivity index (χ1) is 8.05. The second-order valence-electron chi connectivity index (χ2n) is 6.02. The second kappa shape index (κ2) is 3.61. The van der Waals surface area contributed by atoms with Gasteiger partial charge in [0.1, 0.15) is 0 Å². The van der Waals surface area contributed by atoms with Gasteiger partial charge in [0.2, 0.25) is 0 Å². The molecule has 0 fully saturated rings. The number of nitrogens with one attached hydrogen (secondary N) is 2. The van der Waals surface area contributed by atoms with Gasteiger partial charge in [-0.3, -0.25) is 0 Å². The normalized spacial score (nSPS) is 16.2. The molecule has 2 nitrogen and oxygen atoms in total. The molecule has 0 radical (unpaired) electrons. The fraction of sp³-hybridized carbons (Fsp3) is 0.467. The van der Waals surface area contributed by atoms with E-state index in [1.165, 1.54) is 27.7 Å². The lowest BCUT2D eigenvalue weighted by atomic mass is 9.86. The Morgan fingerprint density at radius 3 is 2.76 bits per heavy atom. The van der Waals surface area contributed by atoms with Crippen molar-refractivity contribution >= 4 is 10.9 Å². The molecule has 2 heterocycles. The SMILES string of the molecule is CC(C)(C)c1ccc2[nH]c3c(c2c1)CNCC3. The third-order valence-corrected chi connectivity index (χ3v) is 3.71. The van der Waals surface area contributed by atoms with E-state index in [0.29, 0.717) is 0 Å². The molecule has 0 atom stereocenters. The van der Waals surface area contributed by atoms with E-state index in [-0.39, 0.29) is 5.41 Å². The zero-order chi connectivity index (χ0) is 12.0. The number of aromatic amines is 1. The Morgan fingerprint density at radius 2 is 2.00 bits per heavy atom. The molecular formula is C15H20N2. The van der Waals surface area contributed by atoms with Crippen molar-refractivity contribution in [2.75, 3.05) is 6.54 Å². The predicted octanol–water partition coefficient (Wildman–Crippen LogP) is 3.11. The topological polar surface area (TPSA) is 27.8 Å². The molecular weight excluding hydrogens is 208 g/mol. The number of benzene rings is 1. The number of hydrogen-bond donors (Lipinski definition) is 2. The van der Waals surface area contributed by atoms with Crippen LogP contribution in [0.4, 0.5) is 0 Å². The number of hydrogen-bond acceptors (Lipinski definition) is 1. The summed E-state index contributed by atoms with van der Waals surface area (Å²) < 4.78 is 0. The first-order valence-electron chi connectivity index (χ1n) is 6.40. The highest BCUT2D eigenvalue weighted by atomic mass is 14.9. The summed E-state index contributed by atoms with van der Waals surface area (Å²) in [6, 6.07) is 6.84. The van der Waals surface area contributed by atoms with Crippen LogP contribution < -0.4 is 5.32 Å². The van der Waals surface area contributed by atoms with Gasteiger partial charge in [-0.15, -0.1) is 0 Å². The van der Waals surface area contributed by atoms with Gasteiger partial charge < -0.3 is 10.3 Å². The minimum Gasteiger partial charge on any atom is -0.358 e. The molecule has 0 aliphatic carbocycles. The monoisotopic (exact) mass is 228 g/mol. The van der Waals surface area contributed by atoms with Gasteiger partial charge in [-0.2, -0.15) is 0 Å². The minimum atomic E-state index is 0.223. The molecule has 0 spiro atoms. The lowest BCUT2D eigenvalue weighted by Crippen LogP contribution is -2.22. The zero-order valence-corrected chi connectivity index (χ0v) is 10.9. The van der Waals surface area contributed by atoms with E-state index < -0.39 is 0 Å². The van der Waals surface area contributed by atoms with Crippen LogP contribution in [0.15, 0.2) is 18.2 Å². The molecule has 2 aromatic rings. The second-order valence-corrected chi connectivity index (χ2v) is 6.02. The van der Waals surface area contributed by atoms with Gasteiger partial charge in [0.05, 0.1) is 0 Å². The van der Waals surface area contributed by atoms with Crippen LogP contribution in [0.2, 0.25) is 0 Å². The van der Waals surface area contributed by atoms with Gasteiger partial charge in [-0.25, -0.2) is 0 Å². The number of fused-ring (bicyclic) bond motifs is 3. The van der Waals surface area contributed by atoms with Crippen LogP contribution in [0.1, 0.15) is 37.6 Å². The van der Waals surface area contributed by atoms with Crippen molar-refractivity contribution < 1.29 is 0 Å². The van der Waals surface area contributed by atoms with Crippen LogP contribution in [0.5, 0.6) is 0 Å². The Kier molecular flexibility index (Phi) is 2.30. The minimum absolute atomic E-state index is 0.223. The van der Waals surface area contributed by atoms with E-state index in [1.807, 2.05) is 0 Å². The van der Waals surface area contributed by atoms with E-state index in [0.717, 1.165) is 19.5 Å². The largest absolute Gasteiger partial charge is 0.358 e. The predicted molar refractivity (Wildman–Crippen MR) is 72.4 cm³/mol. The lowest BCUT2D eigenvalue weighted by Gasteiger charge is -2.19. The molecule has 1 aromatic carbocycles. The standard InChI is InChI=1S/C15H20N2/c1-15(2,3)10-4-5-13-11(8-10)12-9-16-7-6-14(12)17-13/h4-5,8,16-17H,6-7,9H2,1-3H3. The van der Waals surface area contributed by atoms with Crippen molar-refractivity contribution in [1.29, 1.82) is 0 Å². The summed E-state index contributed by atoms with van der Waals surface area (Å²) in [5, 5.41) is 4.86. The average Bonchev–Trinajstić information content (AvgIpc) is 2.65. The van der Waals surface area contributed by atoms with Crippen LogP contribution in [-0.2, 0) is 18.4 Å². The van der Waals surface area contributed by atoms with E-state index in [2.05, 4.69) is 49.3 Å². The Labute approximate surface area is 102 Å². The molecule has 1 aliphatic rings. The molecule has 2 N–H and O–H groups in total. The summed E-state index contributed by atoms with van der Waals surface area (Å²) in [6.07, 6.45) is 1.12. The Balaban J connectivity index is 2.21. The van der Waals surface area contributed by atoms with Gasteiger partial charge in [0, 0.05) is 36.1 Å². The van der Waals surface area contributed by atoms with Crippen molar-refractivity contribution in [1.82, 2.24) is 10.3 Å². The summed E-state index contributed by atoms with van der Waals surface area (Å²) in [5.74, 6) is 0. The van der Waals surface area contributed by atoms with Gasteiger partial charge >= 0.3 is 0 Å². The molecule has 17 heavy (non-hydrogen) atoms. The maximum absolute atomic E-state index is 3.55. The van der Waals surface area contributed by atoms with Crippen LogP contribution in [0.25, 0.3) is 10.9 Å². The molecule has 0 saturated heterocycles. The summed E-state index contributed by atoms with van der Waals surface area (Å²) in [5.41, 5.74) is 5.81. The molecule has 1 aromatic heterocycles. The molecule has 0 unspecified atom stereocenters. The molecule has 0 bridgehead atoms. The van der Waals surface area contributed by atoms with Crippen molar-refractivity contribution in [2.24, 2.45) is 0 Å². The molecule has 3 rings (SSSR count). The number of rotatable bonds is 0. The van der Waals surface area contributed by atoms with E-state index in [4.69, 9.17) is 0 Å². The van der Waals surface area contributed by atoms with Crippen LogP contribution in [-0.4, -0.2) is 11.5 Å². The fourth-order valence-electron chi connectivity index (χ4n) is 2.61. The summed E-state index contributed by atoms with van der Waals surface area (Å²) >= 11 is 0. The quantitative estimate of drug-likeness (QED) is 0.712. The van der Waals surface area contributed by atoms with Gasteiger partial charge in [0.15, 0.2) is 0 Å². The maximum Gasteiger partial charge on any atom is 0.0459 e. The van der Waals surface area contributed by atoms with Crippen LogP contribution in [0.3, 0.4) is 0 Å². The Morgan fingerprint density at radius 1 is 1.18 bits per heavy atom. The third kappa shape index (κ3) is 1.77. The summed E-state index contributed by atoms with van der Waals surface area (Å²) in [7, 11) is 0. The molecule has 0 saturated carbocycles. The van der Waals surface area contributed by atoms with E-state index in [1.54, 1.807) is 0 Å². The highest BCUT2D eigenvalue weighted by Gasteiger charge is 2.18. The average molecular weight is 228 g/mol.